The molecule has 0 aromatic carbocycles. The Labute approximate surface area is 83.9 Å². The first kappa shape index (κ1) is 12.9. The number of carboxylic acid groups (broad SMARTS) is 1. The SMILES string of the molecule is CC(C)=NOCCCCC(N)C(=O)O. The van der Waals surface area contributed by atoms with Crippen LogP contribution in [0.1, 0.15) is 33.1 Å². The second-order valence-electron chi connectivity index (χ2n) is 3.31. The van der Waals surface area contributed by atoms with Crippen LogP contribution in [0, 0.1) is 0 Å². The number of oxime groups is 1. The van der Waals surface area contributed by atoms with Crippen LogP contribution >= 0.6 is 0 Å². The number of rotatable bonds is 7. The van der Waals surface area contributed by atoms with E-state index >= 15 is 0 Å². The van der Waals surface area contributed by atoms with Gasteiger partial charge >= 0.3 is 5.97 Å². The Bertz CT molecular complexity index is 200. The molecule has 0 aromatic heterocycles. The molecule has 1 atom stereocenters. The highest BCUT2D eigenvalue weighted by Gasteiger charge is 2.09. The second kappa shape index (κ2) is 7.32. The standard InChI is InChI=1S/C9H18N2O3/c1-7(2)11-14-6-4-3-5-8(10)9(12)13/h8H,3-6,10H2,1-2H3,(H,12,13). The van der Waals surface area contributed by atoms with Crippen molar-refractivity contribution in [2.45, 2.75) is 39.2 Å². The molecule has 82 valence electrons. The van der Waals surface area contributed by atoms with Crippen molar-refractivity contribution < 1.29 is 14.7 Å². The normalized spacial score (nSPS) is 11.9. The quantitative estimate of drug-likeness (QED) is 0.366. The number of aliphatic carboxylic acids is 1. The van der Waals surface area contributed by atoms with Gasteiger partial charge in [0.2, 0.25) is 0 Å². The van der Waals surface area contributed by atoms with E-state index in [4.69, 9.17) is 15.7 Å². The molecule has 5 nitrogen and oxygen atoms in total. The topological polar surface area (TPSA) is 84.9 Å². The lowest BCUT2D eigenvalue weighted by Crippen LogP contribution is -2.29. The first-order valence-corrected chi connectivity index (χ1v) is 4.65. The van der Waals surface area contributed by atoms with Crippen molar-refractivity contribution in [1.29, 1.82) is 0 Å². The summed E-state index contributed by atoms with van der Waals surface area (Å²) in [5.41, 5.74) is 6.18. The number of hydrogen-bond acceptors (Lipinski definition) is 4. The number of nitrogens with zero attached hydrogens (tertiary/aromatic N) is 1. The third-order valence-electron chi connectivity index (χ3n) is 1.57. The van der Waals surface area contributed by atoms with Crippen molar-refractivity contribution in [3.63, 3.8) is 0 Å². The van der Waals surface area contributed by atoms with E-state index in [9.17, 15) is 4.79 Å². The summed E-state index contributed by atoms with van der Waals surface area (Å²) in [4.78, 5) is 15.3. The van der Waals surface area contributed by atoms with Crippen molar-refractivity contribution in [3.8, 4) is 0 Å². The van der Waals surface area contributed by atoms with Crippen LogP contribution in [0.25, 0.3) is 0 Å². The van der Waals surface area contributed by atoms with E-state index < -0.39 is 12.0 Å². The molecule has 3 N–H and O–H groups in total. The molecule has 0 aliphatic rings. The Balaban J connectivity index is 3.30. The molecule has 1 unspecified atom stereocenters. The third-order valence-corrected chi connectivity index (χ3v) is 1.57. The number of hydrogen-bond donors (Lipinski definition) is 2. The van der Waals surface area contributed by atoms with Crippen molar-refractivity contribution in [3.05, 3.63) is 0 Å². The van der Waals surface area contributed by atoms with Gasteiger partial charge in [0, 0.05) is 0 Å². The summed E-state index contributed by atoms with van der Waals surface area (Å²) in [6, 6.07) is -0.758. The van der Waals surface area contributed by atoms with Gasteiger partial charge in [-0.2, -0.15) is 0 Å². The van der Waals surface area contributed by atoms with Crippen LogP contribution in [0.15, 0.2) is 5.16 Å². The first-order valence-electron chi connectivity index (χ1n) is 4.65. The molecule has 0 heterocycles. The lowest BCUT2D eigenvalue weighted by Gasteiger charge is -2.04. The Morgan fingerprint density at radius 2 is 2.14 bits per heavy atom. The molecular weight excluding hydrogens is 184 g/mol. The van der Waals surface area contributed by atoms with Gasteiger partial charge in [-0.05, 0) is 33.1 Å². The smallest absolute Gasteiger partial charge is 0.320 e. The van der Waals surface area contributed by atoms with Crippen molar-refractivity contribution in [2.75, 3.05) is 6.61 Å². The maximum Gasteiger partial charge on any atom is 0.320 e. The van der Waals surface area contributed by atoms with Gasteiger partial charge in [0.15, 0.2) is 0 Å². The van der Waals surface area contributed by atoms with Gasteiger partial charge in [0.25, 0.3) is 0 Å². The minimum absolute atomic E-state index is 0.480. The molecule has 0 bridgehead atoms. The Morgan fingerprint density at radius 1 is 1.50 bits per heavy atom. The molecule has 0 spiro atoms. The molecule has 0 amide bonds. The van der Waals surface area contributed by atoms with E-state index in [0.717, 1.165) is 18.6 Å². The molecule has 0 rings (SSSR count). The van der Waals surface area contributed by atoms with Gasteiger partial charge in [-0.3, -0.25) is 4.79 Å². The molecular formula is C9H18N2O3. The average molecular weight is 202 g/mol. The van der Waals surface area contributed by atoms with E-state index in [2.05, 4.69) is 5.16 Å². The predicted octanol–water partition coefficient (Wildman–Crippen LogP) is 0.981. The zero-order valence-corrected chi connectivity index (χ0v) is 8.69. The van der Waals surface area contributed by atoms with Crippen molar-refractivity contribution in [1.82, 2.24) is 0 Å². The van der Waals surface area contributed by atoms with Crippen LogP contribution in [0.4, 0.5) is 0 Å². The van der Waals surface area contributed by atoms with Gasteiger partial charge in [0.1, 0.15) is 12.6 Å². The van der Waals surface area contributed by atoms with Crippen LogP contribution in [0.2, 0.25) is 0 Å². The van der Waals surface area contributed by atoms with Gasteiger partial charge in [-0.15, -0.1) is 0 Å². The maximum atomic E-state index is 10.3. The zero-order valence-electron chi connectivity index (χ0n) is 8.69. The minimum Gasteiger partial charge on any atom is -0.480 e. The fourth-order valence-corrected chi connectivity index (χ4v) is 0.829. The molecule has 0 aliphatic carbocycles. The van der Waals surface area contributed by atoms with Crippen LogP contribution < -0.4 is 5.73 Å². The number of carbonyl (C=O) groups is 1. The fourth-order valence-electron chi connectivity index (χ4n) is 0.829. The van der Waals surface area contributed by atoms with Gasteiger partial charge < -0.3 is 15.7 Å². The average Bonchev–Trinajstić information content (AvgIpc) is 2.09. The molecule has 0 saturated heterocycles. The van der Waals surface area contributed by atoms with Crippen molar-refractivity contribution >= 4 is 11.7 Å². The molecule has 5 heteroatoms. The highest BCUT2D eigenvalue weighted by Crippen LogP contribution is 1.99. The molecule has 0 aliphatic heterocycles. The van der Waals surface area contributed by atoms with Gasteiger partial charge in [0.05, 0.1) is 5.71 Å². The number of nitrogens with two attached hydrogens (primary N) is 1. The Kier molecular flexibility index (Phi) is 6.74. The predicted molar refractivity (Wildman–Crippen MR) is 54.2 cm³/mol. The first-order chi connectivity index (χ1) is 6.54. The highest BCUT2D eigenvalue weighted by molar-refractivity contribution is 5.78. The van der Waals surface area contributed by atoms with E-state index in [1.54, 1.807) is 0 Å². The van der Waals surface area contributed by atoms with E-state index in [-0.39, 0.29) is 0 Å². The maximum absolute atomic E-state index is 10.3. The van der Waals surface area contributed by atoms with E-state index in [0.29, 0.717) is 13.0 Å². The minimum atomic E-state index is -0.951. The lowest BCUT2D eigenvalue weighted by atomic mass is 10.1. The molecule has 0 radical (unpaired) electrons. The molecule has 0 fully saturated rings. The van der Waals surface area contributed by atoms with Gasteiger partial charge in [-0.1, -0.05) is 5.16 Å². The summed E-state index contributed by atoms with van der Waals surface area (Å²) < 4.78 is 0. The summed E-state index contributed by atoms with van der Waals surface area (Å²) in [7, 11) is 0. The van der Waals surface area contributed by atoms with Crippen LogP contribution in [0.5, 0.6) is 0 Å². The summed E-state index contributed by atoms with van der Waals surface area (Å²) >= 11 is 0. The summed E-state index contributed by atoms with van der Waals surface area (Å²) in [5, 5.41) is 12.2. The van der Waals surface area contributed by atoms with Crippen LogP contribution in [-0.4, -0.2) is 29.4 Å². The fraction of sp³-hybridized carbons (Fsp3) is 0.778. The molecule has 0 aromatic rings. The van der Waals surface area contributed by atoms with E-state index in [1.165, 1.54) is 0 Å². The molecule has 0 saturated carbocycles. The van der Waals surface area contributed by atoms with Crippen LogP contribution in [-0.2, 0) is 9.63 Å². The number of unbranched alkanes of at least 4 members (excludes halogenated alkanes) is 1. The van der Waals surface area contributed by atoms with E-state index in [1.807, 2.05) is 13.8 Å². The van der Waals surface area contributed by atoms with Crippen molar-refractivity contribution in [2.24, 2.45) is 10.9 Å². The zero-order chi connectivity index (χ0) is 11.0. The Morgan fingerprint density at radius 3 is 2.64 bits per heavy atom. The Hall–Kier alpha value is -1.10. The lowest BCUT2D eigenvalue weighted by molar-refractivity contribution is -0.138. The monoisotopic (exact) mass is 202 g/mol. The summed E-state index contributed by atoms with van der Waals surface area (Å²) in [6.07, 6.45) is 2.00. The largest absolute Gasteiger partial charge is 0.480 e. The number of carboxylic acids is 1. The summed E-state index contributed by atoms with van der Waals surface area (Å²) in [5.74, 6) is -0.951. The molecule has 14 heavy (non-hydrogen) atoms. The second-order valence-corrected chi connectivity index (χ2v) is 3.31. The summed E-state index contributed by atoms with van der Waals surface area (Å²) in [6.45, 7) is 4.21. The third kappa shape index (κ3) is 7.54. The van der Waals surface area contributed by atoms with Gasteiger partial charge in [-0.25, -0.2) is 0 Å². The van der Waals surface area contributed by atoms with Crippen LogP contribution in [0.3, 0.4) is 0 Å². The highest BCUT2D eigenvalue weighted by atomic mass is 16.6.